The number of nitrogens with one attached hydrogen (secondary N) is 1. The van der Waals surface area contributed by atoms with Crippen molar-refractivity contribution in [2.45, 2.75) is 63.8 Å². The topological polar surface area (TPSA) is 49.3 Å². The molecule has 122 valence electrons. The highest BCUT2D eigenvalue weighted by molar-refractivity contribution is 5.73. The lowest BCUT2D eigenvalue weighted by Gasteiger charge is -2.29. The van der Waals surface area contributed by atoms with E-state index in [0.717, 1.165) is 25.8 Å². The fourth-order valence-corrected chi connectivity index (χ4v) is 3.46. The Morgan fingerprint density at radius 3 is 2.50 bits per heavy atom. The van der Waals surface area contributed by atoms with Gasteiger partial charge in [0.15, 0.2) is 0 Å². The van der Waals surface area contributed by atoms with E-state index in [4.69, 9.17) is 0 Å². The maximum atomic E-state index is 11.3. The molecule has 0 aromatic heterocycles. The van der Waals surface area contributed by atoms with Crippen LogP contribution in [0.2, 0.25) is 0 Å². The van der Waals surface area contributed by atoms with Crippen LogP contribution in [0.4, 0.5) is 0 Å². The van der Waals surface area contributed by atoms with Crippen LogP contribution < -0.4 is 5.32 Å². The van der Waals surface area contributed by atoms with Gasteiger partial charge >= 0.3 is 5.97 Å². The first-order chi connectivity index (χ1) is 10.7. The van der Waals surface area contributed by atoms with Gasteiger partial charge in [0.2, 0.25) is 0 Å². The predicted molar refractivity (Wildman–Crippen MR) is 90.1 cm³/mol. The van der Waals surface area contributed by atoms with Gasteiger partial charge in [0.25, 0.3) is 0 Å². The number of rotatable bonds is 8. The fourth-order valence-electron chi connectivity index (χ4n) is 3.46. The van der Waals surface area contributed by atoms with Crippen molar-refractivity contribution < 1.29 is 9.90 Å². The second-order valence-corrected chi connectivity index (χ2v) is 6.57. The van der Waals surface area contributed by atoms with Crippen molar-refractivity contribution in [1.29, 1.82) is 0 Å². The molecule has 3 nitrogen and oxygen atoms in total. The van der Waals surface area contributed by atoms with Crippen LogP contribution in [0.3, 0.4) is 0 Å². The summed E-state index contributed by atoms with van der Waals surface area (Å²) in [5.41, 5.74) is 1.46. The highest BCUT2D eigenvalue weighted by Crippen LogP contribution is 2.35. The lowest BCUT2D eigenvalue weighted by molar-refractivity contribution is -0.139. The SMILES string of the molecule is CCCC[C@H](NCC1CCC(c2ccccc2)CC1)C(=O)O. The summed E-state index contributed by atoms with van der Waals surface area (Å²) in [6.45, 7) is 2.95. The summed E-state index contributed by atoms with van der Waals surface area (Å²) in [5.74, 6) is 0.614. The number of carbonyl (C=O) groups is 1. The monoisotopic (exact) mass is 303 g/mol. The van der Waals surface area contributed by atoms with Crippen molar-refractivity contribution in [2.24, 2.45) is 5.92 Å². The second-order valence-electron chi connectivity index (χ2n) is 6.57. The molecule has 0 radical (unpaired) electrons. The molecule has 1 aromatic rings. The van der Waals surface area contributed by atoms with E-state index in [1.165, 1.54) is 31.2 Å². The van der Waals surface area contributed by atoms with E-state index >= 15 is 0 Å². The number of benzene rings is 1. The van der Waals surface area contributed by atoms with Gasteiger partial charge in [-0.2, -0.15) is 0 Å². The van der Waals surface area contributed by atoms with Crippen LogP contribution in [-0.2, 0) is 4.79 Å². The van der Waals surface area contributed by atoms with E-state index in [0.29, 0.717) is 11.8 Å². The van der Waals surface area contributed by atoms with Gasteiger partial charge in [-0.3, -0.25) is 4.79 Å². The summed E-state index contributed by atoms with van der Waals surface area (Å²) in [7, 11) is 0. The minimum absolute atomic E-state index is 0.369. The molecule has 0 amide bonds. The molecule has 1 aliphatic rings. The Labute approximate surface area is 134 Å². The van der Waals surface area contributed by atoms with Crippen molar-refractivity contribution in [1.82, 2.24) is 5.32 Å². The van der Waals surface area contributed by atoms with Gasteiger partial charge in [-0.1, -0.05) is 50.1 Å². The van der Waals surface area contributed by atoms with Crippen molar-refractivity contribution in [3.8, 4) is 0 Å². The summed E-state index contributed by atoms with van der Waals surface area (Å²) >= 11 is 0. The molecule has 1 atom stereocenters. The second kappa shape index (κ2) is 8.94. The Morgan fingerprint density at radius 1 is 1.23 bits per heavy atom. The quantitative estimate of drug-likeness (QED) is 0.757. The van der Waals surface area contributed by atoms with E-state index in [1.54, 1.807) is 0 Å². The summed E-state index contributed by atoms with van der Waals surface area (Å²) in [4.78, 5) is 11.3. The zero-order chi connectivity index (χ0) is 15.8. The van der Waals surface area contributed by atoms with Gasteiger partial charge < -0.3 is 10.4 Å². The highest BCUT2D eigenvalue weighted by atomic mass is 16.4. The molecule has 1 saturated carbocycles. The number of carboxylic acids is 1. The predicted octanol–water partition coefficient (Wildman–Crippen LogP) is 4.19. The third-order valence-corrected chi connectivity index (χ3v) is 4.92. The van der Waals surface area contributed by atoms with Crippen LogP contribution >= 0.6 is 0 Å². The van der Waals surface area contributed by atoms with Crippen LogP contribution in [0, 0.1) is 5.92 Å². The largest absolute Gasteiger partial charge is 0.480 e. The van der Waals surface area contributed by atoms with Gasteiger partial charge in [-0.25, -0.2) is 0 Å². The van der Waals surface area contributed by atoms with Gasteiger partial charge in [0.1, 0.15) is 6.04 Å². The summed E-state index contributed by atoms with van der Waals surface area (Å²) < 4.78 is 0. The Balaban J connectivity index is 1.74. The van der Waals surface area contributed by atoms with Crippen molar-refractivity contribution in [3.63, 3.8) is 0 Å². The van der Waals surface area contributed by atoms with Crippen LogP contribution in [-0.4, -0.2) is 23.7 Å². The lowest BCUT2D eigenvalue weighted by Crippen LogP contribution is -2.40. The lowest BCUT2D eigenvalue weighted by atomic mass is 9.78. The summed E-state index contributed by atoms with van der Waals surface area (Å²) in [6.07, 6.45) is 7.62. The molecule has 1 aliphatic carbocycles. The van der Waals surface area contributed by atoms with E-state index in [9.17, 15) is 9.90 Å². The normalized spacial score (nSPS) is 23.1. The standard InChI is InChI=1S/C19H29NO2/c1-2-3-9-18(19(21)22)20-14-15-10-12-17(13-11-15)16-7-5-4-6-8-16/h4-8,15,17-18,20H,2-3,9-14H2,1H3,(H,21,22)/t15?,17?,18-/m0/s1. The maximum Gasteiger partial charge on any atom is 0.320 e. The molecule has 2 rings (SSSR count). The minimum atomic E-state index is -0.702. The average Bonchev–Trinajstić information content (AvgIpc) is 2.56. The third-order valence-electron chi connectivity index (χ3n) is 4.92. The van der Waals surface area contributed by atoms with Crippen LogP contribution in [0.25, 0.3) is 0 Å². The molecule has 0 heterocycles. The molecule has 0 bridgehead atoms. The van der Waals surface area contributed by atoms with Crippen molar-refractivity contribution in [3.05, 3.63) is 35.9 Å². The number of hydrogen-bond donors (Lipinski definition) is 2. The van der Waals surface area contributed by atoms with Crippen molar-refractivity contribution >= 4 is 5.97 Å². The molecular weight excluding hydrogens is 274 g/mol. The molecule has 0 aliphatic heterocycles. The van der Waals surface area contributed by atoms with Crippen LogP contribution in [0.1, 0.15) is 63.4 Å². The number of aliphatic carboxylic acids is 1. The Hall–Kier alpha value is -1.35. The Morgan fingerprint density at radius 2 is 1.91 bits per heavy atom. The number of carboxylic acid groups (broad SMARTS) is 1. The number of unbranched alkanes of at least 4 members (excludes halogenated alkanes) is 1. The molecular formula is C19H29NO2. The van der Waals surface area contributed by atoms with E-state index < -0.39 is 5.97 Å². The molecule has 3 heteroatoms. The van der Waals surface area contributed by atoms with Gasteiger partial charge in [-0.05, 0) is 56.0 Å². The molecule has 2 N–H and O–H groups in total. The van der Waals surface area contributed by atoms with E-state index in [1.807, 2.05) is 0 Å². The first-order valence-electron chi connectivity index (χ1n) is 8.71. The zero-order valence-corrected chi connectivity index (χ0v) is 13.6. The fraction of sp³-hybridized carbons (Fsp3) is 0.632. The van der Waals surface area contributed by atoms with Gasteiger partial charge in [-0.15, -0.1) is 0 Å². The first kappa shape index (κ1) is 17.0. The first-order valence-corrected chi connectivity index (χ1v) is 8.71. The Kier molecular flexibility index (Phi) is 6.91. The molecule has 0 saturated heterocycles. The summed E-state index contributed by atoms with van der Waals surface area (Å²) in [6, 6.07) is 10.4. The molecule has 22 heavy (non-hydrogen) atoms. The van der Waals surface area contributed by atoms with Gasteiger partial charge in [0.05, 0.1) is 0 Å². The average molecular weight is 303 g/mol. The Bertz CT molecular complexity index is 438. The number of hydrogen-bond acceptors (Lipinski definition) is 2. The molecule has 0 unspecified atom stereocenters. The highest BCUT2D eigenvalue weighted by Gasteiger charge is 2.24. The third kappa shape index (κ3) is 5.13. The minimum Gasteiger partial charge on any atom is -0.480 e. The molecule has 1 aromatic carbocycles. The van der Waals surface area contributed by atoms with Crippen molar-refractivity contribution in [2.75, 3.05) is 6.54 Å². The van der Waals surface area contributed by atoms with E-state index in [-0.39, 0.29) is 6.04 Å². The van der Waals surface area contributed by atoms with Crippen LogP contribution in [0.5, 0.6) is 0 Å². The maximum absolute atomic E-state index is 11.3. The zero-order valence-electron chi connectivity index (χ0n) is 13.6. The summed E-state index contributed by atoms with van der Waals surface area (Å²) in [5, 5.41) is 12.5. The van der Waals surface area contributed by atoms with E-state index in [2.05, 4.69) is 42.6 Å². The smallest absolute Gasteiger partial charge is 0.320 e. The molecule has 0 spiro atoms. The van der Waals surface area contributed by atoms with Crippen LogP contribution in [0.15, 0.2) is 30.3 Å². The molecule has 1 fully saturated rings. The van der Waals surface area contributed by atoms with Gasteiger partial charge in [0, 0.05) is 0 Å².